The molecule has 3 rings (SSSR count). The van der Waals surface area contributed by atoms with Gasteiger partial charge in [0.05, 0.1) is 5.92 Å². The van der Waals surface area contributed by atoms with Gasteiger partial charge in [-0.1, -0.05) is 0 Å². The molecule has 3 nitrogen and oxygen atoms in total. The van der Waals surface area contributed by atoms with E-state index in [-0.39, 0.29) is 11.8 Å². The van der Waals surface area contributed by atoms with Crippen LogP contribution in [0.4, 0.5) is 4.39 Å². The summed E-state index contributed by atoms with van der Waals surface area (Å²) in [6.07, 6.45) is -0.385. The Morgan fingerprint density at radius 1 is 1.29 bits per heavy atom. The molecule has 0 unspecified atom stereocenters. The number of amides is 1. The summed E-state index contributed by atoms with van der Waals surface area (Å²) < 4.78 is 12.7. The molecule has 1 amide bonds. The summed E-state index contributed by atoms with van der Waals surface area (Å²) in [6, 6.07) is 0. The van der Waals surface area contributed by atoms with Crippen LogP contribution >= 0.6 is 0 Å². The van der Waals surface area contributed by atoms with Gasteiger partial charge in [0.15, 0.2) is 0 Å². The number of hydrogen-bond donors (Lipinski definition) is 1. The Hall–Kier alpha value is -0.640. The number of hydrogen-bond acceptors (Lipinski definition) is 2. The molecule has 2 heterocycles. The fourth-order valence-corrected chi connectivity index (χ4v) is 2.69. The van der Waals surface area contributed by atoms with E-state index < -0.39 is 6.17 Å². The van der Waals surface area contributed by atoms with Crippen LogP contribution in [0.1, 0.15) is 6.42 Å². The molecule has 1 saturated carbocycles. The molecule has 3 aliphatic rings. The minimum Gasteiger partial charge on any atom is -0.342 e. The lowest BCUT2D eigenvalue weighted by Crippen LogP contribution is -2.33. The minimum atomic E-state index is -0.846. The van der Waals surface area contributed by atoms with E-state index in [9.17, 15) is 9.18 Å². The second-order valence-corrected chi connectivity index (χ2v) is 4.78. The molecule has 0 bridgehead atoms. The predicted molar refractivity (Wildman–Crippen MR) is 49.4 cm³/mol. The zero-order valence-electron chi connectivity index (χ0n) is 8.08. The van der Waals surface area contributed by atoms with Crippen LogP contribution < -0.4 is 5.32 Å². The summed E-state index contributed by atoms with van der Waals surface area (Å²) in [7, 11) is 0. The van der Waals surface area contributed by atoms with Gasteiger partial charge in [-0.15, -0.1) is 0 Å². The van der Waals surface area contributed by atoms with Crippen LogP contribution in [0.25, 0.3) is 0 Å². The number of nitrogens with one attached hydrogen (secondary N) is 1. The van der Waals surface area contributed by atoms with Gasteiger partial charge < -0.3 is 10.2 Å². The van der Waals surface area contributed by atoms with Crippen LogP contribution in [0.3, 0.4) is 0 Å². The molecule has 14 heavy (non-hydrogen) atoms. The van der Waals surface area contributed by atoms with Gasteiger partial charge in [-0.25, -0.2) is 4.39 Å². The fraction of sp³-hybridized carbons (Fsp3) is 0.900. The molecule has 1 aliphatic carbocycles. The topological polar surface area (TPSA) is 32.3 Å². The molecule has 3 fully saturated rings. The maximum atomic E-state index is 12.7. The van der Waals surface area contributed by atoms with E-state index >= 15 is 0 Å². The Bertz CT molecular complexity index is 259. The van der Waals surface area contributed by atoms with Crippen molar-refractivity contribution in [3.63, 3.8) is 0 Å². The van der Waals surface area contributed by atoms with Crippen molar-refractivity contribution in [3.05, 3.63) is 0 Å². The second-order valence-electron chi connectivity index (χ2n) is 4.78. The highest BCUT2D eigenvalue weighted by molar-refractivity contribution is 5.82. The van der Waals surface area contributed by atoms with Crippen LogP contribution in [-0.4, -0.2) is 43.2 Å². The number of halogens is 1. The molecule has 2 saturated heterocycles. The van der Waals surface area contributed by atoms with E-state index in [1.165, 1.54) is 0 Å². The molecule has 0 aromatic carbocycles. The minimum absolute atomic E-state index is 0.0619. The lowest BCUT2D eigenvalue weighted by molar-refractivity contribution is -0.132. The number of carbonyl (C=O) groups excluding carboxylic acids is 1. The normalized spacial score (nSPS) is 45.4. The second kappa shape index (κ2) is 2.92. The average Bonchev–Trinajstić information content (AvgIpc) is 2.62. The summed E-state index contributed by atoms with van der Waals surface area (Å²) in [5, 5.41) is 3.33. The van der Waals surface area contributed by atoms with Crippen LogP contribution in [0.2, 0.25) is 0 Å². The number of fused-ring (bicyclic) bond motifs is 1. The summed E-state index contributed by atoms with van der Waals surface area (Å²) in [4.78, 5) is 13.6. The first-order chi connectivity index (χ1) is 6.75. The number of likely N-dealkylation sites (tertiary alicyclic amines) is 1. The molecule has 4 heteroatoms. The van der Waals surface area contributed by atoms with Crippen LogP contribution in [0, 0.1) is 17.8 Å². The molecule has 1 N–H and O–H groups in total. The van der Waals surface area contributed by atoms with E-state index in [0.717, 1.165) is 26.2 Å². The molecule has 2 aliphatic heterocycles. The van der Waals surface area contributed by atoms with E-state index in [2.05, 4.69) is 5.32 Å². The van der Waals surface area contributed by atoms with E-state index in [1.807, 2.05) is 4.90 Å². The third kappa shape index (κ3) is 1.24. The highest BCUT2D eigenvalue weighted by Crippen LogP contribution is 2.37. The molecule has 78 valence electrons. The SMILES string of the molecule is O=C([C@@H]1C[C@@H]1F)N1C[C@@H]2CNC[C@H]2C1. The number of rotatable bonds is 1. The van der Waals surface area contributed by atoms with Gasteiger partial charge in [0, 0.05) is 26.2 Å². The molecule has 0 radical (unpaired) electrons. The molecule has 0 aromatic heterocycles. The molecule has 0 aromatic rings. The molecular weight excluding hydrogens is 183 g/mol. The van der Waals surface area contributed by atoms with Crippen molar-refractivity contribution in [1.29, 1.82) is 0 Å². The van der Waals surface area contributed by atoms with Gasteiger partial charge in [-0.3, -0.25) is 4.79 Å². The van der Waals surface area contributed by atoms with Crippen LogP contribution in [-0.2, 0) is 4.79 Å². The summed E-state index contributed by atoms with van der Waals surface area (Å²) >= 11 is 0. The summed E-state index contributed by atoms with van der Waals surface area (Å²) in [5.74, 6) is 1.01. The van der Waals surface area contributed by atoms with Gasteiger partial charge >= 0.3 is 0 Å². The number of carbonyl (C=O) groups is 1. The van der Waals surface area contributed by atoms with E-state index in [4.69, 9.17) is 0 Å². The average molecular weight is 198 g/mol. The molecule has 0 spiro atoms. The smallest absolute Gasteiger partial charge is 0.228 e. The quantitative estimate of drug-likeness (QED) is 0.644. The third-order valence-electron chi connectivity index (χ3n) is 3.73. The highest BCUT2D eigenvalue weighted by atomic mass is 19.1. The van der Waals surface area contributed by atoms with E-state index in [0.29, 0.717) is 18.3 Å². The molecular formula is C10H15FN2O. The first kappa shape index (κ1) is 8.65. The van der Waals surface area contributed by atoms with Crippen molar-refractivity contribution < 1.29 is 9.18 Å². The first-order valence-corrected chi connectivity index (χ1v) is 5.39. The fourth-order valence-electron chi connectivity index (χ4n) is 2.69. The highest BCUT2D eigenvalue weighted by Gasteiger charge is 2.48. The van der Waals surface area contributed by atoms with Crippen molar-refractivity contribution in [2.75, 3.05) is 26.2 Å². The first-order valence-electron chi connectivity index (χ1n) is 5.39. The Balaban J connectivity index is 1.62. The zero-order valence-corrected chi connectivity index (χ0v) is 8.08. The van der Waals surface area contributed by atoms with Gasteiger partial charge in [0.1, 0.15) is 6.17 Å². The maximum Gasteiger partial charge on any atom is 0.228 e. The van der Waals surface area contributed by atoms with Gasteiger partial charge in [-0.2, -0.15) is 0 Å². The predicted octanol–water partition coefficient (Wildman–Crippen LogP) is 0.0222. The largest absolute Gasteiger partial charge is 0.342 e. The monoisotopic (exact) mass is 198 g/mol. The van der Waals surface area contributed by atoms with Gasteiger partial charge in [0.2, 0.25) is 5.91 Å². The maximum absolute atomic E-state index is 12.7. The number of nitrogens with zero attached hydrogens (tertiary/aromatic N) is 1. The lowest BCUT2D eigenvalue weighted by atomic mass is 10.0. The lowest BCUT2D eigenvalue weighted by Gasteiger charge is -2.16. The number of alkyl halides is 1. The van der Waals surface area contributed by atoms with Gasteiger partial charge in [-0.05, 0) is 18.3 Å². The Labute approximate surface area is 82.6 Å². The van der Waals surface area contributed by atoms with Crippen molar-refractivity contribution in [2.24, 2.45) is 17.8 Å². The van der Waals surface area contributed by atoms with Crippen LogP contribution in [0.5, 0.6) is 0 Å². The van der Waals surface area contributed by atoms with Crippen molar-refractivity contribution >= 4 is 5.91 Å². The van der Waals surface area contributed by atoms with Crippen molar-refractivity contribution in [3.8, 4) is 0 Å². The Morgan fingerprint density at radius 3 is 2.36 bits per heavy atom. The summed E-state index contributed by atoms with van der Waals surface area (Å²) in [5.41, 5.74) is 0. The Kier molecular flexibility index (Phi) is 1.81. The van der Waals surface area contributed by atoms with E-state index in [1.54, 1.807) is 0 Å². The summed E-state index contributed by atoms with van der Waals surface area (Å²) in [6.45, 7) is 3.75. The van der Waals surface area contributed by atoms with Crippen molar-refractivity contribution in [1.82, 2.24) is 10.2 Å². The zero-order chi connectivity index (χ0) is 9.71. The van der Waals surface area contributed by atoms with Crippen molar-refractivity contribution in [2.45, 2.75) is 12.6 Å². The standard InChI is InChI=1S/C10H15FN2O/c11-9-1-8(9)10(14)13-4-6-2-12-3-7(6)5-13/h6-9,12H,1-5H2/t6-,7-,8+,9-/m0/s1. The molecule has 4 atom stereocenters. The third-order valence-corrected chi connectivity index (χ3v) is 3.73. The Morgan fingerprint density at radius 2 is 1.86 bits per heavy atom. The van der Waals surface area contributed by atoms with Crippen LogP contribution in [0.15, 0.2) is 0 Å². The van der Waals surface area contributed by atoms with Gasteiger partial charge in [0.25, 0.3) is 0 Å².